The van der Waals surface area contributed by atoms with E-state index >= 15 is 0 Å². The normalized spacial score (nSPS) is 13.3. The van der Waals surface area contributed by atoms with Crippen molar-refractivity contribution in [2.75, 3.05) is 27.2 Å². The Labute approximate surface area is 114 Å². The van der Waals surface area contributed by atoms with E-state index in [-0.39, 0.29) is 0 Å². The average Bonchev–Trinajstić information content (AvgIpc) is 2.47. The number of nitrogens with zero attached hydrogens (tertiary/aromatic N) is 1. The van der Waals surface area contributed by atoms with Crippen molar-refractivity contribution >= 4 is 13.6 Å². The molecule has 0 aliphatic carbocycles. The van der Waals surface area contributed by atoms with Gasteiger partial charge in [-0.1, -0.05) is 33.6 Å². The molecule has 0 aromatic rings. The first-order valence-corrected chi connectivity index (χ1v) is 6.50. The number of nitrogens with two attached hydrogens (primary N) is 1. The van der Waals surface area contributed by atoms with Gasteiger partial charge in [0.25, 0.3) is 0 Å². The molecule has 1 fully saturated rings. The van der Waals surface area contributed by atoms with Crippen LogP contribution < -0.4 is 5.73 Å². The summed E-state index contributed by atoms with van der Waals surface area (Å²) in [5.41, 5.74) is 4.50. The fourth-order valence-electron chi connectivity index (χ4n) is 1.05. The summed E-state index contributed by atoms with van der Waals surface area (Å²) in [6.07, 6.45) is 5.58. The van der Waals surface area contributed by atoms with E-state index in [4.69, 9.17) is 9.59 Å². The highest BCUT2D eigenvalue weighted by atomic mass is 16.1. The standard InChI is InChI=1S/C6H13N.C5H12.CH5N.2CH2O/c1-7-5-3-2-4-6-7;1-4-5(2)3;3*1-2/h2-6H2,1H3;5H,4H2,1-3H3;2H2,1H3;2*1H2. The molecule has 1 rings (SSSR count). The van der Waals surface area contributed by atoms with E-state index in [0.717, 1.165) is 5.92 Å². The third-order valence-electron chi connectivity index (χ3n) is 2.40. The number of piperidine rings is 1. The Balaban J connectivity index is -0.0000000792. The lowest BCUT2D eigenvalue weighted by molar-refractivity contribution is -0.0987. The largest absolute Gasteiger partial charge is 0.333 e. The number of likely N-dealkylation sites (tertiary alicyclic amines) is 1. The van der Waals surface area contributed by atoms with Crippen LogP contribution in [-0.2, 0) is 9.59 Å². The summed E-state index contributed by atoms with van der Waals surface area (Å²) < 4.78 is 0. The van der Waals surface area contributed by atoms with Crippen LogP contribution >= 0.6 is 0 Å². The summed E-state index contributed by atoms with van der Waals surface area (Å²) in [6, 6.07) is 0. The maximum atomic E-state index is 8.00. The van der Waals surface area contributed by atoms with Crippen LogP contribution in [0.3, 0.4) is 0 Å². The minimum Gasteiger partial charge on any atom is -0.333 e. The van der Waals surface area contributed by atoms with Crippen molar-refractivity contribution in [3.05, 3.63) is 0 Å². The number of carbonyl (C=O) groups is 2. The monoisotopic (exact) mass is 262 g/mol. The summed E-state index contributed by atoms with van der Waals surface area (Å²) in [4.78, 5) is 18.4. The smallest absolute Gasteiger partial charge is 0.106 e. The first kappa shape index (κ1) is 26.0. The molecule has 1 aliphatic heterocycles. The summed E-state index contributed by atoms with van der Waals surface area (Å²) in [7, 11) is 3.69. The van der Waals surface area contributed by atoms with Crippen molar-refractivity contribution in [2.24, 2.45) is 11.7 Å². The zero-order valence-corrected chi connectivity index (χ0v) is 13.1. The van der Waals surface area contributed by atoms with Gasteiger partial charge in [0, 0.05) is 0 Å². The van der Waals surface area contributed by atoms with Gasteiger partial charge in [0.2, 0.25) is 0 Å². The molecule has 0 spiro atoms. The van der Waals surface area contributed by atoms with Gasteiger partial charge >= 0.3 is 0 Å². The third-order valence-corrected chi connectivity index (χ3v) is 2.40. The summed E-state index contributed by atoms with van der Waals surface area (Å²) in [5, 5.41) is 0. The van der Waals surface area contributed by atoms with Crippen LogP contribution in [0.15, 0.2) is 0 Å². The quantitative estimate of drug-likeness (QED) is 0.788. The second kappa shape index (κ2) is 29.9. The Morgan fingerprint density at radius 1 is 1.00 bits per heavy atom. The van der Waals surface area contributed by atoms with Crippen LogP contribution in [0.1, 0.15) is 46.5 Å². The number of carbonyl (C=O) groups excluding carboxylic acids is 2. The highest BCUT2D eigenvalue weighted by Gasteiger charge is 2.02. The second-order valence-electron chi connectivity index (χ2n) is 4.17. The summed E-state index contributed by atoms with van der Waals surface area (Å²) in [6.45, 7) is 13.3. The van der Waals surface area contributed by atoms with Gasteiger partial charge in [0.15, 0.2) is 0 Å². The Morgan fingerprint density at radius 2 is 1.28 bits per heavy atom. The highest BCUT2D eigenvalue weighted by Crippen LogP contribution is 2.04. The SMILES string of the molecule is C=O.C=O.CCC(C)C.CN.CN1CCCCC1. The molecule has 1 saturated heterocycles. The van der Waals surface area contributed by atoms with Crippen LogP contribution in [-0.4, -0.2) is 45.7 Å². The number of hydrogen-bond acceptors (Lipinski definition) is 4. The van der Waals surface area contributed by atoms with Crippen molar-refractivity contribution in [1.29, 1.82) is 0 Å². The van der Waals surface area contributed by atoms with Crippen molar-refractivity contribution < 1.29 is 9.59 Å². The van der Waals surface area contributed by atoms with Gasteiger partial charge in [-0.2, -0.15) is 0 Å². The zero-order chi connectivity index (χ0) is 15.4. The van der Waals surface area contributed by atoms with Gasteiger partial charge in [-0.15, -0.1) is 0 Å². The number of hydrogen-bond donors (Lipinski definition) is 1. The van der Waals surface area contributed by atoms with Gasteiger partial charge < -0.3 is 20.2 Å². The van der Waals surface area contributed by atoms with E-state index in [1.54, 1.807) is 0 Å². The predicted molar refractivity (Wildman–Crippen MR) is 80.8 cm³/mol. The van der Waals surface area contributed by atoms with Gasteiger partial charge in [0.1, 0.15) is 13.6 Å². The molecule has 0 bridgehead atoms. The van der Waals surface area contributed by atoms with E-state index in [1.165, 1.54) is 45.8 Å². The maximum absolute atomic E-state index is 8.00. The highest BCUT2D eigenvalue weighted by molar-refractivity contribution is 5.11. The molecule has 0 aromatic carbocycles. The molecular weight excluding hydrogens is 228 g/mol. The molecule has 112 valence electrons. The van der Waals surface area contributed by atoms with Gasteiger partial charge in [-0.3, -0.25) is 0 Å². The van der Waals surface area contributed by atoms with E-state index in [1.807, 2.05) is 13.6 Å². The molecule has 0 atom stereocenters. The minimum absolute atomic E-state index is 0.884. The molecular formula is C14H34N2O2. The van der Waals surface area contributed by atoms with Gasteiger partial charge in [-0.05, 0) is 45.9 Å². The third kappa shape index (κ3) is 36.2. The number of rotatable bonds is 1. The van der Waals surface area contributed by atoms with Gasteiger partial charge in [0.05, 0.1) is 0 Å². The second-order valence-corrected chi connectivity index (χ2v) is 4.17. The van der Waals surface area contributed by atoms with Crippen molar-refractivity contribution in [2.45, 2.75) is 46.5 Å². The molecule has 18 heavy (non-hydrogen) atoms. The van der Waals surface area contributed by atoms with E-state index < -0.39 is 0 Å². The maximum Gasteiger partial charge on any atom is 0.106 e. The van der Waals surface area contributed by atoms with Crippen LogP contribution in [0.4, 0.5) is 0 Å². The van der Waals surface area contributed by atoms with Crippen LogP contribution in [0.2, 0.25) is 0 Å². The summed E-state index contributed by atoms with van der Waals surface area (Å²) in [5.74, 6) is 0.884. The fourth-order valence-corrected chi connectivity index (χ4v) is 1.05. The molecule has 0 amide bonds. The average molecular weight is 262 g/mol. The Kier molecular flexibility index (Phi) is 43.1. The lowest BCUT2D eigenvalue weighted by Gasteiger charge is -2.20. The van der Waals surface area contributed by atoms with Gasteiger partial charge in [-0.25, -0.2) is 0 Å². The molecule has 1 aliphatic rings. The van der Waals surface area contributed by atoms with Crippen LogP contribution in [0, 0.1) is 5.92 Å². The first-order chi connectivity index (χ1) is 8.66. The summed E-state index contributed by atoms with van der Waals surface area (Å²) >= 11 is 0. The van der Waals surface area contributed by atoms with E-state index in [9.17, 15) is 0 Å². The van der Waals surface area contributed by atoms with Crippen molar-refractivity contribution in [1.82, 2.24) is 4.90 Å². The van der Waals surface area contributed by atoms with Crippen LogP contribution in [0.25, 0.3) is 0 Å². The minimum atomic E-state index is 0.884. The molecule has 0 radical (unpaired) electrons. The van der Waals surface area contributed by atoms with E-state index in [2.05, 4.69) is 38.5 Å². The molecule has 4 heteroatoms. The first-order valence-electron chi connectivity index (χ1n) is 6.50. The molecule has 4 nitrogen and oxygen atoms in total. The molecule has 0 aromatic heterocycles. The predicted octanol–water partition coefficient (Wildman–Crippen LogP) is 2.36. The Bertz CT molecular complexity index is 114. The molecule has 0 unspecified atom stereocenters. The topological polar surface area (TPSA) is 63.4 Å². The zero-order valence-electron chi connectivity index (χ0n) is 13.1. The molecule has 0 saturated carbocycles. The van der Waals surface area contributed by atoms with Crippen LogP contribution in [0.5, 0.6) is 0 Å². The fraction of sp³-hybridized carbons (Fsp3) is 0.857. The van der Waals surface area contributed by atoms with E-state index in [0.29, 0.717) is 0 Å². The van der Waals surface area contributed by atoms with Crippen molar-refractivity contribution in [3.8, 4) is 0 Å². The molecule has 1 heterocycles. The van der Waals surface area contributed by atoms with Crippen molar-refractivity contribution in [3.63, 3.8) is 0 Å². The Hall–Kier alpha value is -0.740. The Morgan fingerprint density at radius 3 is 1.39 bits per heavy atom. The lowest BCUT2D eigenvalue weighted by atomic mass is 10.1. The lowest BCUT2D eigenvalue weighted by Crippen LogP contribution is -2.24. The molecule has 2 N–H and O–H groups in total.